The van der Waals surface area contributed by atoms with Crippen LogP contribution in [0.5, 0.6) is 0 Å². The molecule has 0 bridgehead atoms. The van der Waals surface area contributed by atoms with Crippen LogP contribution in [0.25, 0.3) is 0 Å². The Hall–Kier alpha value is -0.930. The topological polar surface area (TPSA) is 6.48 Å². The molecule has 0 aromatic heterocycles. The number of rotatable bonds is 0. The van der Waals surface area contributed by atoms with Crippen LogP contribution in [0.2, 0.25) is 0 Å². The molecule has 0 amide bonds. The number of hydrogen-bond acceptors (Lipinski definition) is 2. The molecule has 16 heavy (non-hydrogen) atoms. The standard InChI is InChI=1S/C13H17FN2/c1-15-6-7-16-5-4-10-2-3-11(14)8-12(10)13(16)9-15/h2-3,8,13H,4-7,9H2,1H3. The summed E-state index contributed by atoms with van der Waals surface area (Å²) < 4.78 is 13.3. The second-order valence-corrected chi connectivity index (χ2v) is 4.91. The van der Waals surface area contributed by atoms with Gasteiger partial charge in [0, 0.05) is 32.2 Å². The van der Waals surface area contributed by atoms with Crippen LogP contribution in [0.15, 0.2) is 18.2 Å². The summed E-state index contributed by atoms with van der Waals surface area (Å²) in [6, 6.07) is 5.67. The first kappa shape index (κ1) is 10.2. The second-order valence-electron chi connectivity index (χ2n) is 4.91. The lowest BCUT2D eigenvalue weighted by molar-refractivity contribution is 0.0823. The molecular weight excluding hydrogens is 203 g/mol. The maximum atomic E-state index is 13.3. The molecule has 0 radical (unpaired) electrons. The summed E-state index contributed by atoms with van der Waals surface area (Å²) in [6.07, 6.45) is 1.07. The molecule has 1 unspecified atom stereocenters. The molecule has 3 rings (SSSR count). The fourth-order valence-corrected chi connectivity index (χ4v) is 2.89. The van der Waals surface area contributed by atoms with Gasteiger partial charge in [-0.15, -0.1) is 0 Å². The Labute approximate surface area is 95.7 Å². The Morgan fingerprint density at radius 1 is 1.25 bits per heavy atom. The number of piperazine rings is 1. The van der Waals surface area contributed by atoms with Gasteiger partial charge in [0.1, 0.15) is 5.82 Å². The minimum Gasteiger partial charge on any atom is -0.303 e. The zero-order chi connectivity index (χ0) is 11.1. The average molecular weight is 220 g/mol. The molecule has 0 saturated carbocycles. The molecule has 86 valence electrons. The molecule has 2 heterocycles. The highest BCUT2D eigenvalue weighted by molar-refractivity contribution is 5.33. The molecule has 2 aliphatic rings. The SMILES string of the molecule is CN1CCN2CCc3ccc(F)cc3C2C1. The Bertz CT molecular complexity index is 405. The van der Waals surface area contributed by atoms with Crippen molar-refractivity contribution in [1.29, 1.82) is 0 Å². The zero-order valence-corrected chi connectivity index (χ0v) is 9.62. The van der Waals surface area contributed by atoms with Crippen LogP contribution in [-0.4, -0.2) is 43.0 Å². The van der Waals surface area contributed by atoms with Crippen LogP contribution in [0.3, 0.4) is 0 Å². The van der Waals surface area contributed by atoms with E-state index in [0.717, 1.165) is 32.6 Å². The van der Waals surface area contributed by atoms with Gasteiger partial charge in [0.2, 0.25) is 0 Å². The largest absolute Gasteiger partial charge is 0.303 e. The molecule has 1 fully saturated rings. The van der Waals surface area contributed by atoms with Gasteiger partial charge in [0.05, 0.1) is 0 Å². The first-order chi connectivity index (χ1) is 7.74. The fourth-order valence-electron chi connectivity index (χ4n) is 2.89. The van der Waals surface area contributed by atoms with Crippen LogP contribution >= 0.6 is 0 Å². The summed E-state index contributed by atoms with van der Waals surface area (Å²) in [7, 11) is 2.14. The van der Waals surface area contributed by atoms with Crippen molar-refractivity contribution in [2.45, 2.75) is 12.5 Å². The van der Waals surface area contributed by atoms with Gasteiger partial charge in [0.25, 0.3) is 0 Å². The van der Waals surface area contributed by atoms with Gasteiger partial charge in [-0.1, -0.05) is 6.07 Å². The molecule has 1 aromatic rings. The van der Waals surface area contributed by atoms with E-state index in [1.54, 1.807) is 12.1 Å². The maximum Gasteiger partial charge on any atom is 0.123 e. The third kappa shape index (κ3) is 1.64. The molecule has 3 heteroatoms. The van der Waals surface area contributed by atoms with E-state index in [9.17, 15) is 4.39 Å². The van der Waals surface area contributed by atoms with Gasteiger partial charge in [-0.25, -0.2) is 4.39 Å². The minimum atomic E-state index is -0.103. The van der Waals surface area contributed by atoms with E-state index in [1.807, 2.05) is 6.07 Å². The zero-order valence-electron chi connectivity index (χ0n) is 9.62. The van der Waals surface area contributed by atoms with E-state index in [0.29, 0.717) is 6.04 Å². The summed E-state index contributed by atoms with van der Waals surface area (Å²) in [4.78, 5) is 4.82. The summed E-state index contributed by atoms with van der Waals surface area (Å²) in [5, 5.41) is 0. The predicted octanol–water partition coefficient (Wildman–Crippen LogP) is 1.67. The van der Waals surface area contributed by atoms with Crippen molar-refractivity contribution in [3.05, 3.63) is 35.1 Å². The second kappa shape index (κ2) is 3.82. The predicted molar refractivity (Wildman–Crippen MR) is 61.9 cm³/mol. The van der Waals surface area contributed by atoms with Crippen molar-refractivity contribution in [3.63, 3.8) is 0 Å². The summed E-state index contributed by atoms with van der Waals surface area (Å²) in [5.74, 6) is -0.103. The first-order valence-electron chi connectivity index (χ1n) is 5.95. The third-order valence-corrected chi connectivity index (χ3v) is 3.83. The van der Waals surface area contributed by atoms with Crippen LogP contribution < -0.4 is 0 Å². The van der Waals surface area contributed by atoms with Gasteiger partial charge >= 0.3 is 0 Å². The lowest BCUT2D eigenvalue weighted by Gasteiger charge is -2.43. The highest BCUT2D eigenvalue weighted by atomic mass is 19.1. The number of nitrogens with zero attached hydrogens (tertiary/aromatic N) is 2. The molecule has 2 aliphatic heterocycles. The molecule has 0 spiro atoms. The molecule has 1 aromatic carbocycles. The smallest absolute Gasteiger partial charge is 0.123 e. The van der Waals surface area contributed by atoms with E-state index in [4.69, 9.17) is 0 Å². The van der Waals surface area contributed by atoms with Crippen LogP contribution in [0.4, 0.5) is 4.39 Å². The average Bonchev–Trinajstić information content (AvgIpc) is 2.29. The van der Waals surface area contributed by atoms with Crippen molar-refractivity contribution >= 4 is 0 Å². The van der Waals surface area contributed by atoms with Crippen molar-refractivity contribution < 1.29 is 4.39 Å². The van der Waals surface area contributed by atoms with Crippen molar-refractivity contribution in [1.82, 2.24) is 9.80 Å². The lowest BCUT2D eigenvalue weighted by atomic mass is 9.91. The van der Waals surface area contributed by atoms with Gasteiger partial charge in [-0.3, -0.25) is 4.90 Å². The van der Waals surface area contributed by atoms with Gasteiger partial charge in [-0.05, 0) is 36.7 Å². The Morgan fingerprint density at radius 3 is 3.00 bits per heavy atom. The molecule has 1 saturated heterocycles. The molecule has 0 N–H and O–H groups in total. The highest BCUT2D eigenvalue weighted by Gasteiger charge is 2.31. The Kier molecular flexibility index (Phi) is 2.45. The van der Waals surface area contributed by atoms with Gasteiger partial charge < -0.3 is 4.90 Å². The molecule has 0 aliphatic carbocycles. The number of fused-ring (bicyclic) bond motifs is 3. The quantitative estimate of drug-likeness (QED) is 0.656. The number of benzene rings is 1. The molecular formula is C13H17FN2. The van der Waals surface area contributed by atoms with E-state index in [2.05, 4.69) is 16.8 Å². The first-order valence-corrected chi connectivity index (χ1v) is 5.95. The monoisotopic (exact) mass is 220 g/mol. The summed E-state index contributed by atoms with van der Waals surface area (Å²) >= 11 is 0. The number of halogens is 1. The summed E-state index contributed by atoms with van der Waals surface area (Å²) in [5.41, 5.74) is 2.54. The van der Waals surface area contributed by atoms with Crippen molar-refractivity contribution in [2.24, 2.45) is 0 Å². The normalized spacial score (nSPS) is 26.2. The molecule has 1 atom stereocenters. The van der Waals surface area contributed by atoms with E-state index < -0.39 is 0 Å². The maximum absolute atomic E-state index is 13.3. The fraction of sp³-hybridized carbons (Fsp3) is 0.538. The molecule has 2 nitrogen and oxygen atoms in total. The van der Waals surface area contributed by atoms with E-state index in [-0.39, 0.29) is 5.82 Å². The number of hydrogen-bond donors (Lipinski definition) is 0. The van der Waals surface area contributed by atoms with E-state index >= 15 is 0 Å². The minimum absolute atomic E-state index is 0.103. The Morgan fingerprint density at radius 2 is 2.12 bits per heavy atom. The van der Waals surface area contributed by atoms with Crippen LogP contribution in [-0.2, 0) is 6.42 Å². The highest BCUT2D eigenvalue weighted by Crippen LogP contribution is 2.32. The van der Waals surface area contributed by atoms with Gasteiger partial charge in [-0.2, -0.15) is 0 Å². The third-order valence-electron chi connectivity index (χ3n) is 3.83. The Balaban J connectivity index is 1.99. The van der Waals surface area contributed by atoms with Gasteiger partial charge in [0.15, 0.2) is 0 Å². The van der Waals surface area contributed by atoms with Crippen LogP contribution in [0.1, 0.15) is 17.2 Å². The van der Waals surface area contributed by atoms with Crippen LogP contribution in [0, 0.1) is 5.82 Å². The lowest BCUT2D eigenvalue weighted by Crippen LogP contribution is -2.49. The van der Waals surface area contributed by atoms with Crippen molar-refractivity contribution in [3.8, 4) is 0 Å². The van der Waals surface area contributed by atoms with Crippen molar-refractivity contribution in [2.75, 3.05) is 33.2 Å². The van der Waals surface area contributed by atoms with E-state index in [1.165, 1.54) is 11.1 Å². The number of likely N-dealkylation sites (N-methyl/N-ethyl adjacent to an activating group) is 1. The summed E-state index contributed by atoms with van der Waals surface area (Å²) in [6.45, 7) is 4.38.